The van der Waals surface area contributed by atoms with Gasteiger partial charge in [-0.1, -0.05) is 11.8 Å². The maximum Gasteiger partial charge on any atom is 0.213 e. The number of ether oxygens (including phenoxy) is 2. The summed E-state index contributed by atoms with van der Waals surface area (Å²) in [6.45, 7) is 5.93. The molecule has 0 aromatic carbocycles. The molecule has 2 aromatic heterocycles. The highest BCUT2D eigenvalue weighted by Gasteiger charge is 2.23. The minimum Gasteiger partial charge on any atom is -0.490 e. The number of amidine groups is 1. The van der Waals surface area contributed by atoms with Crippen molar-refractivity contribution in [3.05, 3.63) is 41.9 Å². The average molecular weight is 387 g/mol. The summed E-state index contributed by atoms with van der Waals surface area (Å²) in [4.78, 5) is 15.6. The molecule has 1 aliphatic heterocycles. The highest BCUT2D eigenvalue weighted by molar-refractivity contribution is 8.13. The van der Waals surface area contributed by atoms with Gasteiger partial charge < -0.3 is 14.4 Å². The van der Waals surface area contributed by atoms with Gasteiger partial charge in [-0.15, -0.1) is 0 Å². The van der Waals surface area contributed by atoms with Gasteiger partial charge in [-0.2, -0.15) is 0 Å². The standard InChI is InChI=1S/C20H26N4O2S/c1-14-15(2)21-10-7-18(14)26-17-8-11-24(12-9-17)20(27-4)23-16-5-6-19(25-3)22-13-16/h5-7,10,13,17H,8-9,11-12H2,1-4H3/b23-20+. The zero-order chi connectivity index (χ0) is 19.2. The quantitative estimate of drug-likeness (QED) is 0.585. The van der Waals surface area contributed by atoms with Crippen LogP contribution in [0.25, 0.3) is 0 Å². The van der Waals surface area contributed by atoms with Gasteiger partial charge >= 0.3 is 0 Å². The maximum atomic E-state index is 6.24. The average Bonchev–Trinajstić information content (AvgIpc) is 2.71. The Labute approximate surface area is 165 Å². The lowest BCUT2D eigenvalue weighted by molar-refractivity contribution is 0.131. The van der Waals surface area contributed by atoms with Gasteiger partial charge in [-0.05, 0) is 32.2 Å². The number of likely N-dealkylation sites (tertiary alicyclic amines) is 1. The van der Waals surface area contributed by atoms with Crippen molar-refractivity contribution in [1.29, 1.82) is 0 Å². The molecule has 0 amide bonds. The fourth-order valence-corrected chi connectivity index (χ4v) is 3.64. The molecule has 1 fully saturated rings. The second-order valence-corrected chi connectivity index (χ2v) is 7.25. The van der Waals surface area contributed by atoms with Gasteiger partial charge in [-0.3, -0.25) is 4.98 Å². The van der Waals surface area contributed by atoms with Crippen LogP contribution >= 0.6 is 11.8 Å². The fraction of sp³-hybridized carbons (Fsp3) is 0.450. The van der Waals surface area contributed by atoms with E-state index in [2.05, 4.69) is 28.0 Å². The summed E-state index contributed by atoms with van der Waals surface area (Å²) in [5.74, 6) is 1.54. The molecule has 0 bridgehead atoms. The van der Waals surface area contributed by atoms with E-state index in [1.807, 2.05) is 31.3 Å². The molecule has 1 aliphatic rings. The number of rotatable bonds is 4. The highest BCUT2D eigenvalue weighted by Crippen LogP contribution is 2.25. The third kappa shape index (κ3) is 4.91. The molecule has 27 heavy (non-hydrogen) atoms. The van der Waals surface area contributed by atoms with Crippen molar-refractivity contribution >= 4 is 22.6 Å². The third-order valence-electron chi connectivity index (χ3n) is 4.75. The number of piperidine rings is 1. The van der Waals surface area contributed by atoms with Crippen LogP contribution in [0.3, 0.4) is 0 Å². The summed E-state index contributed by atoms with van der Waals surface area (Å²) >= 11 is 1.66. The fourth-order valence-electron chi connectivity index (χ4n) is 3.00. The molecule has 2 aromatic rings. The number of nitrogens with zero attached hydrogens (tertiary/aromatic N) is 4. The summed E-state index contributed by atoms with van der Waals surface area (Å²) < 4.78 is 11.3. The zero-order valence-corrected chi connectivity index (χ0v) is 17.1. The first kappa shape index (κ1) is 19.5. The van der Waals surface area contributed by atoms with Crippen molar-refractivity contribution in [2.75, 3.05) is 26.5 Å². The topological polar surface area (TPSA) is 59.8 Å². The van der Waals surface area contributed by atoms with Crippen LogP contribution in [0.4, 0.5) is 5.69 Å². The normalized spacial score (nSPS) is 15.7. The van der Waals surface area contributed by atoms with Gasteiger partial charge in [0.2, 0.25) is 5.88 Å². The van der Waals surface area contributed by atoms with Crippen LogP contribution in [0.1, 0.15) is 24.1 Å². The summed E-state index contributed by atoms with van der Waals surface area (Å²) in [5.41, 5.74) is 2.98. The van der Waals surface area contributed by atoms with Gasteiger partial charge in [0.15, 0.2) is 5.17 Å². The molecule has 6 nitrogen and oxygen atoms in total. The van der Waals surface area contributed by atoms with Gasteiger partial charge in [-0.25, -0.2) is 9.98 Å². The van der Waals surface area contributed by atoms with E-state index in [1.54, 1.807) is 25.1 Å². The summed E-state index contributed by atoms with van der Waals surface area (Å²) in [7, 11) is 1.61. The number of aryl methyl sites for hydroxylation is 1. The van der Waals surface area contributed by atoms with Crippen molar-refractivity contribution in [3.63, 3.8) is 0 Å². The first-order valence-corrected chi connectivity index (χ1v) is 10.3. The van der Waals surface area contributed by atoms with Crippen molar-refractivity contribution in [2.24, 2.45) is 4.99 Å². The number of aromatic nitrogens is 2. The van der Waals surface area contributed by atoms with Crippen molar-refractivity contribution < 1.29 is 9.47 Å². The Morgan fingerprint density at radius 2 is 1.96 bits per heavy atom. The van der Waals surface area contributed by atoms with Gasteiger partial charge in [0.1, 0.15) is 11.9 Å². The Bertz CT molecular complexity index is 787. The van der Waals surface area contributed by atoms with E-state index < -0.39 is 0 Å². The highest BCUT2D eigenvalue weighted by atomic mass is 32.2. The molecule has 0 unspecified atom stereocenters. The van der Waals surface area contributed by atoms with Crippen LogP contribution in [0, 0.1) is 13.8 Å². The Kier molecular flexibility index (Phi) is 6.55. The lowest BCUT2D eigenvalue weighted by Gasteiger charge is -2.33. The predicted molar refractivity (Wildman–Crippen MR) is 110 cm³/mol. The number of pyridine rings is 2. The van der Waals surface area contributed by atoms with Crippen LogP contribution in [-0.2, 0) is 0 Å². The lowest BCUT2D eigenvalue weighted by atomic mass is 10.1. The molecule has 0 radical (unpaired) electrons. The van der Waals surface area contributed by atoms with E-state index in [-0.39, 0.29) is 6.10 Å². The predicted octanol–water partition coefficient (Wildman–Crippen LogP) is 4.00. The molecule has 1 saturated heterocycles. The summed E-state index contributed by atoms with van der Waals surface area (Å²) in [5, 5.41) is 1.01. The van der Waals surface area contributed by atoms with Crippen LogP contribution in [0.15, 0.2) is 35.6 Å². The molecule has 0 atom stereocenters. The van der Waals surface area contributed by atoms with Crippen LogP contribution in [0.5, 0.6) is 11.6 Å². The van der Waals surface area contributed by atoms with E-state index in [0.717, 1.165) is 53.8 Å². The van der Waals surface area contributed by atoms with Crippen molar-refractivity contribution in [1.82, 2.24) is 14.9 Å². The molecule has 7 heteroatoms. The molecule has 3 rings (SSSR count). The molecule has 144 valence electrons. The Balaban J connectivity index is 1.61. The Hall–Kier alpha value is -2.28. The monoisotopic (exact) mass is 386 g/mol. The van der Waals surface area contributed by atoms with E-state index in [0.29, 0.717) is 5.88 Å². The Morgan fingerprint density at radius 1 is 1.19 bits per heavy atom. The van der Waals surface area contributed by atoms with Gasteiger partial charge in [0.05, 0.1) is 19.0 Å². The molecule has 0 N–H and O–H groups in total. The van der Waals surface area contributed by atoms with Crippen molar-refractivity contribution in [2.45, 2.75) is 32.8 Å². The van der Waals surface area contributed by atoms with Crippen LogP contribution in [-0.4, -0.2) is 52.6 Å². The molecule has 0 aliphatic carbocycles. The molecule has 3 heterocycles. The minimum atomic E-state index is 0.229. The second-order valence-electron chi connectivity index (χ2n) is 6.48. The number of methoxy groups -OCH3 is 1. The third-order valence-corrected chi connectivity index (χ3v) is 5.46. The van der Waals surface area contributed by atoms with Gasteiger partial charge in [0.25, 0.3) is 0 Å². The van der Waals surface area contributed by atoms with Crippen LogP contribution in [0.2, 0.25) is 0 Å². The second kappa shape index (κ2) is 9.08. The van der Waals surface area contributed by atoms with E-state index >= 15 is 0 Å². The minimum absolute atomic E-state index is 0.229. The molecule has 0 saturated carbocycles. The van der Waals surface area contributed by atoms with Gasteiger partial charge in [0, 0.05) is 49.5 Å². The first-order chi connectivity index (χ1) is 13.1. The lowest BCUT2D eigenvalue weighted by Crippen LogP contribution is -2.40. The zero-order valence-electron chi connectivity index (χ0n) is 16.3. The summed E-state index contributed by atoms with van der Waals surface area (Å²) in [6, 6.07) is 5.71. The molecule has 0 spiro atoms. The van der Waals surface area contributed by atoms with E-state index in [4.69, 9.17) is 14.5 Å². The molecular formula is C20H26N4O2S. The van der Waals surface area contributed by atoms with E-state index in [9.17, 15) is 0 Å². The number of hydrogen-bond acceptors (Lipinski definition) is 6. The number of aliphatic imine (C=N–C) groups is 1. The largest absolute Gasteiger partial charge is 0.490 e. The SMILES string of the molecule is COc1ccc(/N=C(/SC)N2CCC(Oc3ccnc(C)c3C)CC2)cn1. The Morgan fingerprint density at radius 3 is 2.59 bits per heavy atom. The maximum absolute atomic E-state index is 6.24. The van der Waals surface area contributed by atoms with Crippen molar-refractivity contribution in [3.8, 4) is 11.6 Å². The van der Waals surface area contributed by atoms with E-state index in [1.165, 1.54) is 0 Å². The number of thioether (sulfide) groups is 1. The number of hydrogen-bond donors (Lipinski definition) is 0. The van der Waals surface area contributed by atoms with Crippen LogP contribution < -0.4 is 9.47 Å². The summed E-state index contributed by atoms with van der Waals surface area (Å²) in [6.07, 6.45) is 7.78. The smallest absolute Gasteiger partial charge is 0.213 e. The molecular weight excluding hydrogens is 360 g/mol. The first-order valence-electron chi connectivity index (χ1n) is 9.07.